The van der Waals surface area contributed by atoms with E-state index in [1.165, 1.54) is 0 Å². The zero-order chi connectivity index (χ0) is 15.0. The first-order valence-electron chi connectivity index (χ1n) is 7.76. The fraction of sp³-hybridized carbons (Fsp3) is 0.688. The van der Waals surface area contributed by atoms with E-state index in [4.69, 9.17) is 9.15 Å². The molecule has 0 bridgehead atoms. The Balaban J connectivity index is 1.83. The van der Waals surface area contributed by atoms with Crippen LogP contribution in [0.15, 0.2) is 16.7 Å². The van der Waals surface area contributed by atoms with E-state index >= 15 is 0 Å². The van der Waals surface area contributed by atoms with Gasteiger partial charge in [-0.3, -0.25) is 4.79 Å². The molecule has 21 heavy (non-hydrogen) atoms. The summed E-state index contributed by atoms with van der Waals surface area (Å²) in [6.45, 7) is 7.78. The number of piperidine rings is 1. The number of methoxy groups -OCH3 is 1. The minimum atomic E-state index is 0.101. The highest BCUT2D eigenvalue weighted by Crippen LogP contribution is 2.33. The second-order valence-electron chi connectivity index (χ2n) is 6.04. The molecule has 3 atom stereocenters. The summed E-state index contributed by atoms with van der Waals surface area (Å²) in [7, 11) is 1.79. The summed E-state index contributed by atoms with van der Waals surface area (Å²) >= 11 is 0. The van der Waals surface area contributed by atoms with Crippen LogP contribution in [0.1, 0.15) is 29.5 Å². The van der Waals surface area contributed by atoms with Crippen molar-refractivity contribution in [2.24, 2.45) is 5.92 Å². The Bertz CT molecular complexity index is 513. The number of likely N-dealkylation sites (N-methyl/N-ethyl adjacent to an activating group) is 1. The second kappa shape index (κ2) is 5.81. The average molecular weight is 292 g/mol. The molecule has 0 N–H and O–H groups in total. The summed E-state index contributed by atoms with van der Waals surface area (Å²) in [4.78, 5) is 17.3. The number of amides is 1. The topological polar surface area (TPSA) is 45.9 Å². The van der Waals surface area contributed by atoms with E-state index in [2.05, 4.69) is 11.8 Å². The van der Waals surface area contributed by atoms with E-state index in [0.717, 1.165) is 32.6 Å². The fourth-order valence-electron chi connectivity index (χ4n) is 3.80. The molecule has 1 amide bonds. The third-order valence-electron chi connectivity index (χ3n) is 5.04. The Hall–Kier alpha value is -1.33. The van der Waals surface area contributed by atoms with E-state index < -0.39 is 0 Å². The van der Waals surface area contributed by atoms with Gasteiger partial charge in [-0.05, 0) is 26.0 Å². The summed E-state index contributed by atoms with van der Waals surface area (Å²) in [5.74, 6) is 1.22. The average Bonchev–Trinajstić information content (AvgIpc) is 3.11. The van der Waals surface area contributed by atoms with Crippen LogP contribution in [0.3, 0.4) is 0 Å². The minimum Gasteiger partial charge on any atom is -0.469 e. The van der Waals surface area contributed by atoms with Gasteiger partial charge in [0.05, 0.1) is 24.0 Å². The van der Waals surface area contributed by atoms with Gasteiger partial charge in [-0.1, -0.05) is 6.92 Å². The lowest BCUT2D eigenvalue weighted by Crippen LogP contribution is -2.53. The van der Waals surface area contributed by atoms with Crippen LogP contribution < -0.4 is 0 Å². The quantitative estimate of drug-likeness (QED) is 0.852. The Morgan fingerprint density at radius 3 is 2.90 bits per heavy atom. The number of carbonyl (C=O) groups excluding carboxylic acids is 1. The molecule has 0 unspecified atom stereocenters. The molecule has 0 saturated carbocycles. The predicted molar refractivity (Wildman–Crippen MR) is 79.3 cm³/mol. The number of likely N-dealkylation sites (tertiary alicyclic amines) is 2. The van der Waals surface area contributed by atoms with Gasteiger partial charge in [-0.2, -0.15) is 0 Å². The van der Waals surface area contributed by atoms with Crippen LogP contribution in [0.25, 0.3) is 0 Å². The van der Waals surface area contributed by atoms with Crippen LogP contribution in [0, 0.1) is 12.8 Å². The number of rotatable bonds is 3. The first-order chi connectivity index (χ1) is 10.2. The van der Waals surface area contributed by atoms with Crippen LogP contribution >= 0.6 is 0 Å². The number of hydrogen-bond acceptors (Lipinski definition) is 4. The summed E-state index contributed by atoms with van der Waals surface area (Å²) in [6.07, 6.45) is 2.77. The smallest absolute Gasteiger partial charge is 0.257 e. The number of carbonyl (C=O) groups is 1. The molecular formula is C16H24N2O3. The zero-order valence-corrected chi connectivity index (χ0v) is 13.0. The molecule has 3 heterocycles. The van der Waals surface area contributed by atoms with Crippen LogP contribution in [-0.4, -0.2) is 61.1 Å². The molecule has 0 radical (unpaired) electrons. The number of hydrogen-bond donors (Lipinski definition) is 0. The van der Waals surface area contributed by atoms with Crippen molar-refractivity contribution in [2.45, 2.75) is 32.4 Å². The lowest BCUT2D eigenvalue weighted by molar-refractivity contribution is -0.0156. The van der Waals surface area contributed by atoms with Gasteiger partial charge in [0.1, 0.15) is 5.76 Å². The summed E-state index contributed by atoms with van der Waals surface area (Å²) in [5, 5.41) is 0. The Morgan fingerprint density at radius 1 is 1.48 bits per heavy atom. The highest BCUT2D eigenvalue weighted by atomic mass is 16.5. The van der Waals surface area contributed by atoms with Crippen LogP contribution in [0.4, 0.5) is 0 Å². The van der Waals surface area contributed by atoms with Crippen molar-refractivity contribution >= 4 is 5.91 Å². The largest absolute Gasteiger partial charge is 0.469 e. The number of furan rings is 1. The fourth-order valence-corrected chi connectivity index (χ4v) is 3.80. The molecule has 1 aromatic heterocycles. The van der Waals surface area contributed by atoms with Crippen LogP contribution in [-0.2, 0) is 4.74 Å². The summed E-state index contributed by atoms with van der Waals surface area (Å²) in [6, 6.07) is 2.03. The number of ether oxygens (including phenoxy) is 1. The van der Waals surface area contributed by atoms with E-state index in [0.29, 0.717) is 17.2 Å². The lowest BCUT2D eigenvalue weighted by Gasteiger charge is -2.41. The second-order valence-corrected chi connectivity index (χ2v) is 6.04. The molecule has 2 aliphatic heterocycles. The molecule has 116 valence electrons. The summed E-state index contributed by atoms with van der Waals surface area (Å²) in [5.41, 5.74) is 0.694. The van der Waals surface area contributed by atoms with Crippen LogP contribution in [0.5, 0.6) is 0 Å². The van der Waals surface area contributed by atoms with Gasteiger partial charge in [0, 0.05) is 32.7 Å². The molecule has 2 fully saturated rings. The molecule has 1 aromatic rings. The third-order valence-corrected chi connectivity index (χ3v) is 5.04. The molecule has 0 aromatic carbocycles. The number of nitrogens with zero attached hydrogens (tertiary/aromatic N) is 2. The maximum Gasteiger partial charge on any atom is 0.257 e. The molecule has 0 aliphatic carbocycles. The Morgan fingerprint density at radius 2 is 2.29 bits per heavy atom. The van der Waals surface area contributed by atoms with E-state index in [1.54, 1.807) is 19.4 Å². The molecule has 5 nitrogen and oxygen atoms in total. The van der Waals surface area contributed by atoms with Gasteiger partial charge < -0.3 is 19.0 Å². The zero-order valence-electron chi connectivity index (χ0n) is 13.0. The normalized spacial score (nSPS) is 29.7. The molecule has 3 rings (SSSR count). The molecule has 2 aliphatic rings. The highest BCUT2D eigenvalue weighted by Gasteiger charge is 2.45. The predicted octanol–water partition coefficient (Wildman–Crippen LogP) is 1.77. The van der Waals surface area contributed by atoms with Gasteiger partial charge in [-0.25, -0.2) is 0 Å². The first kappa shape index (κ1) is 14.6. The molecule has 2 saturated heterocycles. The van der Waals surface area contributed by atoms with Crippen molar-refractivity contribution in [2.75, 3.05) is 33.3 Å². The van der Waals surface area contributed by atoms with Crippen molar-refractivity contribution in [3.05, 3.63) is 23.7 Å². The van der Waals surface area contributed by atoms with Crippen molar-refractivity contribution in [1.82, 2.24) is 9.80 Å². The Kier molecular flexibility index (Phi) is 4.04. The standard InChI is InChI=1S/C16H24N2O3/c1-4-17-9-13-14(10-17)18(7-5-15(13)20-3)16(19)12-6-8-21-11(12)2/h6,8,13-15H,4-5,7,9-10H2,1-3H3/t13-,14+,15-/m0/s1. The van der Waals surface area contributed by atoms with E-state index in [-0.39, 0.29) is 18.1 Å². The summed E-state index contributed by atoms with van der Waals surface area (Å²) < 4.78 is 10.9. The van der Waals surface area contributed by atoms with Crippen molar-refractivity contribution in [1.29, 1.82) is 0 Å². The van der Waals surface area contributed by atoms with E-state index in [1.807, 2.05) is 11.8 Å². The highest BCUT2D eigenvalue weighted by molar-refractivity contribution is 5.95. The number of fused-ring (bicyclic) bond motifs is 1. The maximum atomic E-state index is 12.8. The van der Waals surface area contributed by atoms with Crippen molar-refractivity contribution in [3.63, 3.8) is 0 Å². The van der Waals surface area contributed by atoms with Gasteiger partial charge in [0.25, 0.3) is 5.91 Å². The minimum absolute atomic E-state index is 0.101. The van der Waals surface area contributed by atoms with Crippen LogP contribution in [0.2, 0.25) is 0 Å². The molecular weight excluding hydrogens is 268 g/mol. The SMILES string of the molecule is CCN1C[C@@H]2[C@@H](OC)CCN(C(=O)c3ccoc3C)[C@@H]2C1. The van der Waals surface area contributed by atoms with E-state index in [9.17, 15) is 4.79 Å². The monoisotopic (exact) mass is 292 g/mol. The molecule has 5 heteroatoms. The van der Waals surface area contributed by atoms with Gasteiger partial charge in [0.2, 0.25) is 0 Å². The van der Waals surface area contributed by atoms with Gasteiger partial charge >= 0.3 is 0 Å². The van der Waals surface area contributed by atoms with Gasteiger partial charge in [-0.15, -0.1) is 0 Å². The molecule has 0 spiro atoms. The van der Waals surface area contributed by atoms with Gasteiger partial charge in [0.15, 0.2) is 0 Å². The Labute approximate surface area is 125 Å². The third kappa shape index (κ3) is 2.49. The van der Waals surface area contributed by atoms with Crippen molar-refractivity contribution < 1.29 is 13.9 Å². The maximum absolute atomic E-state index is 12.8. The lowest BCUT2D eigenvalue weighted by atomic mass is 9.88. The number of aryl methyl sites for hydroxylation is 1. The first-order valence-corrected chi connectivity index (χ1v) is 7.76. The van der Waals surface area contributed by atoms with Crippen molar-refractivity contribution in [3.8, 4) is 0 Å².